The molecule has 2 saturated heterocycles. The lowest BCUT2D eigenvalue weighted by molar-refractivity contribution is -0.129. The van der Waals surface area contributed by atoms with E-state index in [0.29, 0.717) is 18.2 Å². The largest absolute Gasteiger partial charge is 0.354 e. The first-order valence-electron chi connectivity index (χ1n) is 13.4. The summed E-state index contributed by atoms with van der Waals surface area (Å²) in [5, 5.41) is 9.47. The monoisotopic (exact) mass is 518 g/mol. The van der Waals surface area contributed by atoms with Gasteiger partial charge < -0.3 is 10.6 Å². The third kappa shape index (κ3) is 8.99. The van der Waals surface area contributed by atoms with Gasteiger partial charge in [0.25, 0.3) is 0 Å². The summed E-state index contributed by atoms with van der Waals surface area (Å²) in [6.45, 7) is 3.84. The van der Waals surface area contributed by atoms with Crippen LogP contribution < -0.4 is 16.0 Å². The molecule has 3 fully saturated rings. The topological polar surface area (TPSA) is 73.5 Å². The van der Waals surface area contributed by atoms with Gasteiger partial charge in [0.05, 0.1) is 6.04 Å². The van der Waals surface area contributed by atoms with Gasteiger partial charge in [-0.2, -0.15) is 11.8 Å². The summed E-state index contributed by atoms with van der Waals surface area (Å²) in [5.41, 5.74) is 1.36. The number of benzene rings is 1. The molecule has 0 unspecified atom stereocenters. The molecule has 35 heavy (non-hydrogen) atoms. The van der Waals surface area contributed by atoms with Crippen molar-refractivity contribution in [3.63, 3.8) is 0 Å². The average Bonchev–Trinajstić information content (AvgIpc) is 3.44. The molecule has 6 nitrogen and oxygen atoms in total. The van der Waals surface area contributed by atoms with E-state index in [1.165, 1.54) is 37.7 Å². The second-order valence-corrected chi connectivity index (χ2v) is 12.4. The number of thioether (sulfide) groups is 2. The van der Waals surface area contributed by atoms with Crippen molar-refractivity contribution in [3.05, 3.63) is 35.9 Å². The summed E-state index contributed by atoms with van der Waals surface area (Å²) < 4.78 is 0. The molecule has 194 valence electrons. The quantitative estimate of drug-likeness (QED) is 0.417. The number of hydrogen-bond acceptors (Lipinski definition) is 6. The van der Waals surface area contributed by atoms with Crippen molar-refractivity contribution in [2.75, 3.05) is 42.8 Å². The number of hydrogen-bond donors (Lipinski definition) is 3. The van der Waals surface area contributed by atoms with Crippen LogP contribution in [0.5, 0.6) is 0 Å². The predicted octanol–water partition coefficient (Wildman–Crippen LogP) is 3.48. The summed E-state index contributed by atoms with van der Waals surface area (Å²) in [7, 11) is 0. The van der Waals surface area contributed by atoms with Crippen LogP contribution in [0.25, 0.3) is 0 Å². The fourth-order valence-corrected chi connectivity index (χ4v) is 7.50. The van der Waals surface area contributed by atoms with E-state index in [4.69, 9.17) is 0 Å². The van der Waals surface area contributed by atoms with Crippen LogP contribution in [0.15, 0.2) is 30.3 Å². The fourth-order valence-electron chi connectivity index (χ4n) is 5.28. The second kappa shape index (κ2) is 14.5. The minimum absolute atomic E-state index is 0.0214. The lowest BCUT2D eigenvalue weighted by Gasteiger charge is -2.32. The Morgan fingerprint density at radius 3 is 2.54 bits per heavy atom. The summed E-state index contributed by atoms with van der Waals surface area (Å²) in [4.78, 5) is 28.4. The van der Waals surface area contributed by atoms with Crippen LogP contribution >= 0.6 is 23.5 Å². The van der Waals surface area contributed by atoms with Crippen LogP contribution in [0.3, 0.4) is 0 Å². The van der Waals surface area contributed by atoms with Crippen molar-refractivity contribution < 1.29 is 9.59 Å². The maximum Gasteiger partial charge on any atom is 0.243 e. The standard InChI is InChI=1S/C27H42N4O2S2/c32-26(28-15-21-11-13-31(14-12-21)16-22-7-3-1-4-8-22)25(30-27(33)24-18-35-20-29-24)19-34-17-23-9-5-2-6-10-23/h1,3-4,7-8,21,23-25,29H,2,5-6,9-20H2,(H,28,32)(H,30,33)/t24-,25-/m0/s1. The Morgan fingerprint density at radius 1 is 1.06 bits per heavy atom. The maximum absolute atomic E-state index is 13.1. The molecule has 2 atom stereocenters. The molecule has 1 aromatic carbocycles. The maximum atomic E-state index is 13.1. The number of likely N-dealkylation sites (tertiary alicyclic amines) is 1. The number of nitrogens with zero attached hydrogens (tertiary/aromatic N) is 1. The van der Waals surface area contributed by atoms with E-state index in [1.807, 2.05) is 11.8 Å². The molecule has 0 aromatic heterocycles. The Balaban J connectivity index is 1.21. The van der Waals surface area contributed by atoms with Gasteiger partial charge >= 0.3 is 0 Å². The molecule has 1 aliphatic carbocycles. The van der Waals surface area contributed by atoms with Crippen LogP contribution in [0.1, 0.15) is 50.5 Å². The van der Waals surface area contributed by atoms with E-state index in [-0.39, 0.29) is 17.9 Å². The average molecular weight is 519 g/mol. The molecule has 0 bridgehead atoms. The zero-order valence-corrected chi connectivity index (χ0v) is 22.5. The zero-order chi connectivity index (χ0) is 24.3. The minimum atomic E-state index is -0.457. The molecule has 3 aliphatic rings. The van der Waals surface area contributed by atoms with E-state index in [2.05, 4.69) is 51.2 Å². The first-order chi connectivity index (χ1) is 17.2. The van der Waals surface area contributed by atoms with Crippen LogP contribution in [-0.2, 0) is 16.1 Å². The van der Waals surface area contributed by atoms with E-state index in [0.717, 1.165) is 55.8 Å². The van der Waals surface area contributed by atoms with Gasteiger partial charge in [-0.15, -0.1) is 11.8 Å². The fraction of sp³-hybridized carbons (Fsp3) is 0.704. The number of carbonyl (C=O) groups is 2. The molecule has 2 heterocycles. The van der Waals surface area contributed by atoms with Gasteiger partial charge in [0.15, 0.2) is 0 Å². The van der Waals surface area contributed by atoms with Gasteiger partial charge in [-0.25, -0.2) is 0 Å². The summed E-state index contributed by atoms with van der Waals surface area (Å²) in [6.07, 6.45) is 8.85. The Kier molecular flexibility index (Phi) is 11.1. The zero-order valence-electron chi connectivity index (χ0n) is 20.9. The summed E-state index contributed by atoms with van der Waals surface area (Å²) in [6, 6.07) is 9.99. The van der Waals surface area contributed by atoms with Crippen LogP contribution in [0, 0.1) is 11.8 Å². The third-order valence-corrected chi connectivity index (χ3v) is 9.77. The molecular formula is C27H42N4O2S2. The van der Waals surface area contributed by atoms with Gasteiger partial charge in [0, 0.05) is 30.5 Å². The molecule has 2 aliphatic heterocycles. The second-order valence-electron chi connectivity index (χ2n) is 10.3. The number of amides is 2. The van der Waals surface area contributed by atoms with Gasteiger partial charge in [0.1, 0.15) is 6.04 Å². The number of piperidine rings is 1. The molecule has 4 rings (SSSR count). The molecule has 8 heteroatoms. The van der Waals surface area contributed by atoms with Crippen molar-refractivity contribution in [2.24, 2.45) is 11.8 Å². The Morgan fingerprint density at radius 2 is 1.83 bits per heavy atom. The van der Waals surface area contributed by atoms with Gasteiger partial charge in [-0.3, -0.25) is 19.8 Å². The van der Waals surface area contributed by atoms with Gasteiger partial charge in [-0.1, -0.05) is 49.6 Å². The third-order valence-electron chi connectivity index (χ3n) is 7.55. The van der Waals surface area contributed by atoms with Crippen molar-refractivity contribution in [1.29, 1.82) is 0 Å². The van der Waals surface area contributed by atoms with Gasteiger partial charge in [-0.05, 0) is 61.9 Å². The molecule has 0 radical (unpaired) electrons. The highest BCUT2D eigenvalue weighted by Crippen LogP contribution is 2.27. The van der Waals surface area contributed by atoms with Crippen molar-refractivity contribution >= 4 is 35.3 Å². The molecule has 0 spiro atoms. The highest BCUT2D eigenvalue weighted by atomic mass is 32.2. The summed E-state index contributed by atoms with van der Waals surface area (Å²) in [5.74, 6) is 4.54. The molecular weight excluding hydrogens is 476 g/mol. The number of carbonyl (C=O) groups excluding carboxylic acids is 2. The number of rotatable bonds is 11. The summed E-state index contributed by atoms with van der Waals surface area (Å²) >= 11 is 3.57. The van der Waals surface area contributed by atoms with Gasteiger partial charge in [0.2, 0.25) is 11.8 Å². The smallest absolute Gasteiger partial charge is 0.243 e. The molecule has 1 aromatic rings. The Hall–Kier alpha value is -1.22. The normalized spacial score (nSPS) is 23.1. The van der Waals surface area contributed by atoms with E-state index >= 15 is 0 Å². The first-order valence-corrected chi connectivity index (χ1v) is 15.7. The minimum Gasteiger partial charge on any atom is -0.354 e. The van der Waals surface area contributed by atoms with E-state index in [1.54, 1.807) is 11.8 Å². The first kappa shape index (κ1) is 26.8. The van der Waals surface area contributed by atoms with E-state index < -0.39 is 6.04 Å². The highest BCUT2D eigenvalue weighted by molar-refractivity contribution is 7.99. The van der Waals surface area contributed by atoms with Crippen LogP contribution in [0.2, 0.25) is 0 Å². The molecule has 3 N–H and O–H groups in total. The van der Waals surface area contributed by atoms with Crippen molar-refractivity contribution in [3.8, 4) is 0 Å². The van der Waals surface area contributed by atoms with Crippen molar-refractivity contribution in [1.82, 2.24) is 20.9 Å². The number of nitrogens with one attached hydrogen (secondary N) is 3. The lowest BCUT2D eigenvalue weighted by Crippen LogP contribution is -2.54. The SMILES string of the molecule is O=C(N[C@@H](CSCC1CCCCC1)C(=O)NCC1CCN(Cc2ccccc2)CC1)[C@@H]1CSCN1. The Labute approximate surface area is 219 Å². The Bertz CT molecular complexity index is 777. The van der Waals surface area contributed by atoms with Crippen LogP contribution in [-0.4, -0.2) is 71.6 Å². The molecule has 1 saturated carbocycles. The van der Waals surface area contributed by atoms with Crippen LogP contribution in [0.4, 0.5) is 0 Å². The van der Waals surface area contributed by atoms with E-state index in [9.17, 15) is 9.59 Å². The predicted molar refractivity (Wildman–Crippen MR) is 148 cm³/mol. The van der Waals surface area contributed by atoms with Crippen molar-refractivity contribution in [2.45, 2.75) is 63.6 Å². The molecule has 2 amide bonds. The highest BCUT2D eigenvalue weighted by Gasteiger charge is 2.29. The lowest BCUT2D eigenvalue weighted by atomic mass is 9.91.